The number of hydrogen-bond acceptors (Lipinski definition) is 6. The molecule has 0 bridgehead atoms. The third-order valence-corrected chi connectivity index (χ3v) is 3.91. The number of aliphatic hydroxyl groups is 1. The number of ether oxygens (including phenoxy) is 1. The molecule has 0 unspecified atom stereocenters. The van der Waals surface area contributed by atoms with Gasteiger partial charge in [-0.05, 0) is 12.1 Å². The number of nitrogens with two attached hydrogens (primary N) is 1. The van der Waals surface area contributed by atoms with Gasteiger partial charge in [-0.15, -0.1) is 9.19 Å². The molecule has 3 N–H and O–H groups in total. The minimum Gasteiger partial charge on any atom is -0.474 e. The molecular weight excluding hydrogens is 270 g/mol. The van der Waals surface area contributed by atoms with Crippen LogP contribution in [0.4, 0.5) is 5.82 Å². The highest BCUT2D eigenvalue weighted by Crippen LogP contribution is 2.20. The lowest BCUT2D eigenvalue weighted by molar-refractivity contribution is 0.196. The van der Waals surface area contributed by atoms with E-state index < -0.39 is 10.0 Å². The van der Waals surface area contributed by atoms with Gasteiger partial charge < -0.3 is 15.6 Å². The molecule has 0 aliphatic rings. The molecule has 2 rings (SSSR count). The van der Waals surface area contributed by atoms with Crippen LogP contribution in [-0.2, 0) is 10.0 Å². The average Bonchev–Trinajstić information content (AvgIpc) is 2.79. The van der Waals surface area contributed by atoms with Gasteiger partial charge in [-0.1, -0.05) is 18.2 Å². The minimum atomic E-state index is -3.84. The topological polar surface area (TPSA) is 107 Å². The molecule has 2 aromatic rings. The molecule has 19 heavy (non-hydrogen) atoms. The first kappa shape index (κ1) is 13.4. The Labute approximate surface area is 110 Å². The van der Waals surface area contributed by atoms with Crippen molar-refractivity contribution in [2.45, 2.75) is 4.90 Å². The third-order valence-electron chi connectivity index (χ3n) is 2.29. The van der Waals surface area contributed by atoms with Gasteiger partial charge in [-0.3, -0.25) is 0 Å². The Morgan fingerprint density at radius 2 is 2.00 bits per heavy atom. The zero-order valence-electron chi connectivity index (χ0n) is 9.93. The van der Waals surface area contributed by atoms with Gasteiger partial charge in [0, 0.05) is 6.07 Å². The Hall–Kier alpha value is -2.06. The predicted octanol–water partition coefficient (Wildman–Crippen LogP) is 0.0734. The summed E-state index contributed by atoms with van der Waals surface area (Å²) in [5.41, 5.74) is 5.62. The lowest BCUT2D eigenvalue weighted by atomic mass is 10.4. The molecule has 0 saturated heterocycles. The summed E-state index contributed by atoms with van der Waals surface area (Å²) in [5, 5.41) is 12.4. The largest absolute Gasteiger partial charge is 0.474 e. The minimum absolute atomic E-state index is 0.0157. The Morgan fingerprint density at radius 3 is 2.63 bits per heavy atom. The molecule has 8 heteroatoms. The van der Waals surface area contributed by atoms with E-state index in [-0.39, 0.29) is 29.8 Å². The Balaban J connectivity index is 2.39. The van der Waals surface area contributed by atoms with E-state index in [9.17, 15) is 8.42 Å². The van der Waals surface area contributed by atoms with Gasteiger partial charge in [0.1, 0.15) is 12.4 Å². The van der Waals surface area contributed by atoms with Gasteiger partial charge in [0.2, 0.25) is 5.88 Å². The molecule has 1 heterocycles. The first-order valence-corrected chi connectivity index (χ1v) is 6.89. The Morgan fingerprint density at radius 1 is 1.32 bits per heavy atom. The fourth-order valence-electron chi connectivity index (χ4n) is 1.46. The summed E-state index contributed by atoms with van der Waals surface area (Å²) >= 11 is 0. The Bertz CT molecular complexity index is 652. The van der Waals surface area contributed by atoms with E-state index in [2.05, 4.69) is 5.10 Å². The zero-order chi connectivity index (χ0) is 13.9. The first-order valence-electron chi connectivity index (χ1n) is 5.45. The molecule has 0 aliphatic heterocycles. The SMILES string of the molecule is Nc1cc(OCCO)nn1S(=O)(=O)c1ccccc1. The van der Waals surface area contributed by atoms with Crippen LogP contribution < -0.4 is 10.5 Å². The second kappa shape index (κ2) is 5.29. The molecule has 102 valence electrons. The fourth-order valence-corrected chi connectivity index (χ4v) is 2.68. The lowest BCUT2D eigenvalue weighted by Crippen LogP contribution is -2.16. The van der Waals surface area contributed by atoms with Gasteiger partial charge in [0.25, 0.3) is 10.0 Å². The van der Waals surface area contributed by atoms with Crippen molar-refractivity contribution < 1.29 is 18.3 Å². The van der Waals surface area contributed by atoms with Crippen molar-refractivity contribution in [2.24, 2.45) is 0 Å². The van der Waals surface area contributed by atoms with Crippen LogP contribution in [0.25, 0.3) is 0 Å². The second-order valence-corrected chi connectivity index (χ2v) is 5.41. The maximum Gasteiger partial charge on any atom is 0.284 e. The molecule has 0 spiro atoms. The van der Waals surface area contributed by atoms with Gasteiger partial charge >= 0.3 is 0 Å². The molecular formula is C11H13N3O4S. The van der Waals surface area contributed by atoms with Gasteiger partial charge in [0.05, 0.1) is 11.5 Å². The van der Waals surface area contributed by atoms with Crippen LogP contribution in [0.3, 0.4) is 0 Å². The van der Waals surface area contributed by atoms with E-state index in [4.69, 9.17) is 15.6 Å². The normalized spacial score (nSPS) is 11.4. The van der Waals surface area contributed by atoms with Crippen molar-refractivity contribution in [3.8, 4) is 5.88 Å². The number of anilines is 1. The second-order valence-electron chi connectivity index (χ2n) is 3.64. The molecule has 0 amide bonds. The summed E-state index contributed by atoms with van der Waals surface area (Å²) in [6.45, 7) is -0.181. The van der Waals surface area contributed by atoms with Gasteiger partial charge in [-0.2, -0.15) is 8.42 Å². The van der Waals surface area contributed by atoms with Gasteiger partial charge in [-0.25, -0.2) is 0 Å². The molecule has 0 fully saturated rings. The van der Waals surface area contributed by atoms with Crippen molar-refractivity contribution in [3.63, 3.8) is 0 Å². The van der Waals surface area contributed by atoms with E-state index >= 15 is 0 Å². The maximum absolute atomic E-state index is 12.3. The summed E-state index contributed by atoms with van der Waals surface area (Å²) in [6.07, 6.45) is 0. The lowest BCUT2D eigenvalue weighted by Gasteiger charge is -2.05. The summed E-state index contributed by atoms with van der Waals surface area (Å²) in [6, 6.07) is 9.11. The fraction of sp³-hybridized carbons (Fsp3) is 0.182. The standard InChI is InChI=1S/C11H13N3O4S/c12-10-8-11(18-7-6-15)13-14(10)19(16,17)9-4-2-1-3-5-9/h1-5,8,15H,6-7,12H2. The number of rotatable bonds is 5. The van der Waals surface area contributed by atoms with Crippen LogP contribution in [-0.4, -0.2) is 35.9 Å². The van der Waals surface area contributed by atoms with Crippen LogP contribution in [0.1, 0.15) is 0 Å². The third kappa shape index (κ3) is 2.69. The van der Waals surface area contributed by atoms with Crippen molar-refractivity contribution in [3.05, 3.63) is 36.4 Å². The van der Waals surface area contributed by atoms with Crippen LogP contribution in [0.2, 0.25) is 0 Å². The van der Waals surface area contributed by atoms with E-state index in [0.29, 0.717) is 4.09 Å². The van der Waals surface area contributed by atoms with Crippen molar-refractivity contribution in [1.82, 2.24) is 9.19 Å². The maximum atomic E-state index is 12.3. The van der Waals surface area contributed by atoms with Crippen LogP contribution in [0.5, 0.6) is 5.88 Å². The monoisotopic (exact) mass is 283 g/mol. The first-order chi connectivity index (χ1) is 9.05. The summed E-state index contributed by atoms with van der Waals surface area (Å²) in [5.74, 6) is -0.0113. The molecule has 1 aromatic heterocycles. The molecule has 7 nitrogen and oxygen atoms in total. The highest BCUT2D eigenvalue weighted by molar-refractivity contribution is 7.90. The van der Waals surface area contributed by atoms with Crippen molar-refractivity contribution in [2.75, 3.05) is 18.9 Å². The Kier molecular flexibility index (Phi) is 3.72. The van der Waals surface area contributed by atoms with Crippen LogP contribution in [0, 0.1) is 0 Å². The average molecular weight is 283 g/mol. The van der Waals surface area contributed by atoms with E-state index in [1.54, 1.807) is 18.2 Å². The number of nitrogens with zero attached hydrogens (tertiary/aromatic N) is 2. The highest BCUT2D eigenvalue weighted by atomic mass is 32.2. The van der Waals surface area contributed by atoms with Gasteiger partial charge in [0.15, 0.2) is 0 Å². The zero-order valence-corrected chi connectivity index (χ0v) is 10.7. The molecule has 0 saturated carbocycles. The summed E-state index contributed by atoms with van der Waals surface area (Å²) < 4.78 is 30.2. The number of nitrogen functional groups attached to an aromatic ring is 1. The number of aliphatic hydroxyl groups excluding tert-OH is 1. The van der Waals surface area contributed by atoms with Crippen molar-refractivity contribution in [1.29, 1.82) is 0 Å². The van der Waals surface area contributed by atoms with E-state index in [1.807, 2.05) is 0 Å². The van der Waals surface area contributed by atoms with Crippen molar-refractivity contribution >= 4 is 15.8 Å². The van der Waals surface area contributed by atoms with Crippen LogP contribution in [0.15, 0.2) is 41.3 Å². The smallest absolute Gasteiger partial charge is 0.284 e. The summed E-state index contributed by atoms with van der Waals surface area (Å²) in [7, 11) is -3.84. The van der Waals surface area contributed by atoms with Crippen LogP contribution >= 0.6 is 0 Å². The molecule has 0 aliphatic carbocycles. The molecule has 1 aromatic carbocycles. The van der Waals surface area contributed by atoms with E-state index in [0.717, 1.165) is 0 Å². The molecule has 0 radical (unpaired) electrons. The summed E-state index contributed by atoms with van der Waals surface area (Å²) in [4.78, 5) is 0.0820. The van der Waals surface area contributed by atoms with E-state index in [1.165, 1.54) is 18.2 Å². The number of aromatic nitrogens is 2. The number of hydrogen-bond donors (Lipinski definition) is 2. The predicted molar refractivity (Wildman–Crippen MR) is 68.2 cm³/mol. The highest BCUT2D eigenvalue weighted by Gasteiger charge is 2.21. The number of benzene rings is 1. The quantitative estimate of drug-likeness (QED) is 0.804. The molecule has 0 atom stereocenters.